The zero-order valence-corrected chi connectivity index (χ0v) is 12.5. The van der Waals surface area contributed by atoms with E-state index in [1.54, 1.807) is 18.6 Å². The highest BCUT2D eigenvalue weighted by molar-refractivity contribution is 6.32. The molecule has 0 spiro atoms. The maximum atomic E-state index is 6.31. The minimum Gasteiger partial charge on any atom is -0.368 e. The number of benzene rings is 1. The summed E-state index contributed by atoms with van der Waals surface area (Å²) in [5.74, 6) is 0.249. The Balaban J connectivity index is 2.12. The van der Waals surface area contributed by atoms with Crippen LogP contribution in [-0.2, 0) is 0 Å². The lowest BCUT2D eigenvalue weighted by molar-refractivity contribution is 1.19. The average Bonchev–Trinajstić information content (AvgIpc) is 2.88. The molecule has 0 atom stereocenters. The average molecular weight is 310 g/mol. The molecule has 0 unspecified atom stereocenters. The summed E-state index contributed by atoms with van der Waals surface area (Å²) in [6.45, 7) is 1.98. The predicted octanol–water partition coefficient (Wildman–Crippen LogP) is 3.72. The van der Waals surface area contributed by atoms with Crippen molar-refractivity contribution < 1.29 is 0 Å². The maximum Gasteiger partial charge on any atom is 0.219 e. The number of nitrogen functional groups attached to an aromatic ring is 1. The van der Waals surface area contributed by atoms with E-state index in [0.29, 0.717) is 5.02 Å². The Morgan fingerprint density at radius 1 is 1.05 bits per heavy atom. The van der Waals surface area contributed by atoms with Crippen LogP contribution in [-0.4, -0.2) is 19.9 Å². The van der Waals surface area contributed by atoms with Crippen molar-refractivity contribution in [2.24, 2.45) is 0 Å². The van der Waals surface area contributed by atoms with Gasteiger partial charge in [-0.25, -0.2) is 9.97 Å². The Morgan fingerprint density at radius 2 is 1.82 bits per heavy atom. The number of aromatic amines is 1. The van der Waals surface area contributed by atoms with Gasteiger partial charge in [0.05, 0.1) is 16.7 Å². The number of halogens is 1. The van der Waals surface area contributed by atoms with Gasteiger partial charge >= 0.3 is 0 Å². The third kappa shape index (κ3) is 1.90. The molecule has 0 aliphatic carbocycles. The van der Waals surface area contributed by atoms with Crippen molar-refractivity contribution in [3.8, 4) is 11.1 Å². The molecule has 0 saturated heterocycles. The third-order valence-corrected chi connectivity index (χ3v) is 3.98. The largest absolute Gasteiger partial charge is 0.368 e. The Morgan fingerprint density at radius 3 is 2.59 bits per heavy atom. The molecular formula is C16H12ClN5. The second-order valence-corrected chi connectivity index (χ2v) is 5.59. The Labute approximate surface area is 131 Å². The summed E-state index contributed by atoms with van der Waals surface area (Å²) < 4.78 is 0. The first-order valence-corrected chi connectivity index (χ1v) is 7.16. The number of nitrogens with two attached hydrogens (primary N) is 1. The zero-order chi connectivity index (χ0) is 15.3. The van der Waals surface area contributed by atoms with E-state index in [2.05, 4.69) is 19.9 Å². The number of pyridine rings is 1. The van der Waals surface area contributed by atoms with Crippen LogP contribution in [0.15, 0.2) is 36.8 Å². The van der Waals surface area contributed by atoms with Crippen molar-refractivity contribution in [2.45, 2.75) is 6.92 Å². The third-order valence-electron chi connectivity index (χ3n) is 3.77. The smallest absolute Gasteiger partial charge is 0.219 e. The first kappa shape index (κ1) is 13.0. The topological polar surface area (TPSA) is 80.5 Å². The van der Waals surface area contributed by atoms with Gasteiger partial charge in [-0.05, 0) is 25.1 Å². The monoisotopic (exact) mass is 309 g/mol. The molecule has 0 bridgehead atoms. The van der Waals surface area contributed by atoms with Crippen molar-refractivity contribution in [1.82, 2.24) is 19.9 Å². The number of hydrogen-bond acceptors (Lipinski definition) is 4. The molecule has 0 aliphatic rings. The molecule has 6 heteroatoms. The molecule has 22 heavy (non-hydrogen) atoms. The van der Waals surface area contributed by atoms with Crippen molar-refractivity contribution in [3.63, 3.8) is 0 Å². The van der Waals surface area contributed by atoms with Gasteiger partial charge < -0.3 is 10.7 Å². The first-order valence-electron chi connectivity index (χ1n) is 6.78. The summed E-state index contributed by atoms with van der Waals surface area (Å²) in [5, 5.41) is 2.82. The second-order valence-electron chi connectivity index (χ2n) is 5.15. The molecule has 3 heterocycles. The molecule has 0 radical (unpaired) electrons. The SMILES string of the molecule is Cc1nccc2c1[nH]c1c(-c3cnc(N)nc3)cc(Cl)cc12. The van der Waals surface area contributed by atoms with Crippen molar-refractivity contribution in [2.75, 3.05) is 5.73 Å². The molecule has 0 aliphatic heterocycles. The lowest BCUT2D eigenvalue weighted by Crippen LogP contribution is -1.93. The lowest BCUT2D eigenvalue weighted by atomic mass is 10.0. The van der Waals surface area contributed by atoms with E-state index in [1.165, 1.54) is 0 Å². The van der Waals surface area contributed by atoms with Gasteiger partial charge in [0.1, 0.15) is 0 Å². The molecule has 3 N–H and O–H groups in total. The van der Waals surface area contributed by atoms with Gasteiger partial charge in [-0.2, -0.15) is 0 Å². The fourth-order valence-corrected chi connectivity index (χ4v) is 2.95. The van der Waals surface area contributed by atoms with Crippen LogP contribution in [0.1, 0.15) is 5.69 Å². The maximum absolute atomic E-state index is 6.31. The number of nitrogens with zero attached hydrogens (tertiary/aromatic N) is 3. The normalized spacial score (nSPS) is 11.4. The molecule has 4 aromatic rings. The van der Waals surface area contributed by atoms with E-state index < -0.39 is 0 Å². The number of hydrogen-bond donors (Lipinski definition) is 2. The number of fused-ring (bicyclic) bond motifs is 3. The molecule has 4 rings (SSSR count). The molecule has 1 aromatic carbocycles. The van der Waals surface area contributed by atoms with Crippen LogP contribution in [0.25, 0.3) is 32.9 Å². The number of aryl methyl sites for hydroxylation is 1. The van der Waals surface area contributed by atoms with E-state index in [0.717, 1.165) is 38.6 Å². The van der Waals surface area contributed by atoms with Gasteiger partial charge in [0.15, 0.2) is 0 Å². The van der Waals surface area contributed by atoms with Crippen LogP contribution in [0.5, 0.6) is 0 Å². The summed E-state index contributed by atoms with van der Waals surface area (Å²) in [6, 6.07) is 5.84. The number of H-pyrrole nitrogens is 1. The van der Waals surface area contributed by atoms with Gasteiger partial charge in [-0.1, -0.05) is 11.6 Å². The van der Waals surface area contributed by atoms with E-state index in [4.69, 9.17) is 17.3 Å². The molecule has 108 valence electrons. The van der Waals surface area contributed by atoms with Gasteiger partial charge in [-0.15, -0.1) is 0 Å². The van der Waals surface area contributed by atoms with Gasteiger partial charge in [0, 0.05) is 45.5 Å². The molecular weight excluding hydrogens is 298 g/mol. The summed E-state index contributed by atoms with van der Waals surface area (Å²) >= 11 is 6.31. The standard InChI is InChI=1S/C16H12ClN5/c1-8-14-11(2-3-19-8)13-5-10(17)4-12(15(13)22-14)9-6-20-16(18)21-7-9/h2-7,22H,1H3,(H2,18,20,21). The van der Waals surface area contributed by atoms with Crippen molar-refractivity contribution >= 4 is 39.4 Å². The fraction of sp³-hybridized carbons (Fsp3) is 0.0625. The zero-order valence-electron chi connectivity index (χ0n) is 11.8. The number of rotatable bonds is 1. The quantitative estimate of drug-likeness (QED) is 0.561. The molecule has 0 saturated carbocycles. The second kappa shape index (κ2) is 4.68. The van der Waals surface area contributed by atoms with Crippen LogP contribution in [0.2, 0.25) is 5.02 Å². The summed E-state index contributed by atoms with van der Waals surface area (Å²) in [7, 11) is 0. The molecule has 0 fully saturated rings. The summed E-state index contributed by atoms with van der Waals surface area (Å²) in [6.07, 6.45) is 5.20. The molecule has 3 aromatic heterocycles. The summed E-state index contributed by atoms with van der Waals surface area (Å²) in [4.78, 5) is 15.9. The van der Waals surface area contributed by atoms with Crippen LogP contribution < -0.4 is 5.73 Å². The number of anilines is 1. The van der Waals surface area contributed by atoms with Crippen LogP contribution in [0.4, 0.5) is 5.95 Å². The van der Waals surface area contributed by atoms with Crippen LogP contribution >= 0.6 is 11.6 Å². The first-order chi connectivity index (χ1) is 10.6. The van der Waals surface area contributed by atoms with Crippen molar-refractivity contribution in [3.05, 3.63) is 47.5 Å². The predicted molar refractivity (Wildman–Crippen MR) is 88.8 cm³/mol. The highest BCUT2D eigenvalue weighted by atomic mass is 35.5. The molecule has 5 nitrogen and oxygen atoms in total. The number of nitrogens with one attached hydrogen (secondary N) is 1. The fourth-order valence-electron chi connectivity index (χ4n) is 2.73. The van der Waals surface area contributed by atoms with Gasteiger partial charge in [0.2, 0.25) is 5.95 Å². The van der Waals surface area contributed by atoms with Gasteiger partial charge in [-0.3, -0.25) is 4.98 Å². The summed E-state index contributed by atoms with van der Waals surface area (Å²) in [5.41, 5.74) is 10.3. The minimum atomic E-state index is 0.249. The Bertz CT molecular complexity index is 1000. The Hall–Kier alpha value is -2.66. The minimum absolute atomic E-state index is 0.249. The van der Waals surface area contributed by atoms with Crippen LogP contribution in [0.3, 0.4) is 0 Å². The van der Waals surface area contributed by atoms with E-state index >= 15 is 0 Å². The number of aromatic nitrogens is 4. The molecule has 0 amide bonds. The van der Waals surface area contributed by atoms with E-state index in [9.17, 15) is 0 Å². The highest BCUT2D eigenvalue weighted by Crippen LogP contribution is 2.35. The van der Waals surface area contributed by atoms with Crippen LogP contribution in [0, 0.1) is 6.92 Å². The van der Waals surface area contributed by atoms with E-state index in [1.807, 2.05) is 25.1 Å². The van der Waals surface area contributed by atoms with Crippen molar-refractivity contribution in [1.29, 1.82) is 0 Å². The highest BCUT2D eigenvalue weighted by Gasteiger charge is 2.13. The van der Waals surface area contributed by atoms with Gasteiger partial charge in [0.25, 0.3) is 0 Å². The Kier molecular flexibility index (Phi) is 2.77. The van der Waals surface area contributed by atoms with E-state index in [-0.39, 0.29) is 5.95 Å². The lowest BCUT2D eigenvalue weighted by Gasteiger charge is -2.04.